The van der Waals surface area contributed by atoms with Gasteiger partial charge in [0.2, 0.25) is 0 Å². The summed E-state index contributed by atoms with van der Waals surface area (Å²) in [6.45, 7) is 0. The number of rotatable bonds is 4. The van der Waals surface area contributed by atoms with Crippen LogP contribution >= 0.6 is 0 Å². The van der Waals surface area contributed by atoms with Gasteiger partial charge in [0.15, 0.2) is 0 Å². The van der Waals surface area contributed by atoms with Crippen molar-refractivity contribution in [2.45, 2.75) is 24.7 Å². The fraction of sp³-hybridized carbons (Fsp3) is 0.250. The van der Waals surface area contributed by atoms with Gasteiger partial charge in [-0.25, -0.2) is 0 Å². The molecule has 0 fully saturated rings. The van der Waals surface area contributed by atoms with Crippen LogP contribution in [0.4, 0.5) is 0 Å². The second-order valence-corrected chi connectivity index (χ2v) is 6.68. The predicted octanol–water partition coefficient (Wildman–Crippen LogP) is 2.70. The van der Waals surface area contributed by atoms with Gasteiger partial charge in [0, 0.05) is 12.8 Å². The average molecular weight is 288 g/mol. The Balaban J connectivity index is 1.67. The van der Waals surface area contributed by atoms with Crippen LogP contribution in [0.25, 0.3) is 0 Å². The molecule has 2 aromatic carbocycles. The Hall–Kier alpha value is -1.65. The normalized spacial score (nSPS) is 15.2. The fourth-order valence-corrected chi connectivity index (χ4v) is 3.83. The minimum Gasteiger partial charge on any atom is -0.266 e. The number of fused-ring (bicyclic) bond motifs is 1. The second-order valence-electron chi connectivity index (χ2n) is 5.08. The standard InChI is InChI=1S/C16H16O3S/c17-20(18,12-13-6-2-1-3-7-13)19-16-10-14-8-4-5-9-15(14)11-16/h1-9,16H,10-12H2. The molecule has 4 heteroatoms. The fourth-order valence-electron chi connectivity index (χ4n) is 2.61. The van der Waals surface area contributed by atoms with Crippen LogP contribution < -0.4 is 0 Å². The highest BCUT2D eigenvalue weighted by Gasteiger charge is 2.26. The lowest BCUT2D eigenvalue weighted by Crippen LogP contribution is -2.20. The molecule has 3 rings (SSSR count). The van der Waals surface area contributed by atoms with E-state index in [2.05, 4.69) is 0 Å². The summed E-state index contributed by atoms with van der Waals surface area (Å²) in [6.07, 6.45) is 1.08. The van der Waals surface area contributed by atoms with E-state index in [0.717, 1.165) is 5.56 Å². The molecule has 104 valence electrons. The zero-order valence-electron chi connectivity index (χ0n) is 11.0. The first-order chi connectivity index (χ1) is 9.62. The van der Waals surface area contributed by atoms with E-state index in [1.54, 1.807) is 12.1 Å². The van der Waals surface area contributed by atoms with Crippen LogP contribution in [0.5, 0.6) is 0 Å². The van der Waals surface area contributed by atoms with Crippen LogP contribution in [-0.4, -0.2) is 14.5 Å². The van der Waals surface area contributed by atoms with E-state index in [9.17, 15) is 8.42 Å². The van der Waals surface area contributed by atoms with Crippen LogP contribution in [0.2, 0.25) is 0 Å². The van der Waals surface area contributed by atoms with Crippen LogP contribution in [0.3, 0.4) is 0 Å². The van der Waals surface area contributed by atoms with Crippen molar-refractivity contribution in [3.8, 4) is 0 Å². The molecule has 20 heavy (non-hydrogen) atoms. The Bertz CT molecular complexity index is 668. The molecule has 1 aliphatic rings. The lowest BCUT2D eigenvalue weighted by molar-refractivity contribution is 0.221. The SMILES string of the molecule is O=S(=O)(Cc1ccccc1)OC1Cc2ccccc2C1. The van der Waals surface area contributed by atoms with Gasteiger partial charge in [-0.2, -0.15) is 8.42 Å². The van der Waals surface area contributed by atoms with Crippen molar-refractivity contribution in [3.63, 3.8) is 0 Å². The number of benzene rings is 2. The van der Waals surface area contributed by atoms with Gasteiger partial charge < -0.3 is 0 Å². The lowest BCUT2D eigenvalue weighted by atomic mass is 10.1. The Morgan fingerprint density at radius 2 is 1.45 bits per heavy atom. The third-order valence-electron chi connectivity index (χ3n) is 3.48. The van der Waals surface area contributed by atoms with E-state index in [1.165, 1.54) is 11.1 Å². The van der Waals surface area contributed by atoms with Crippen molar-refractivity contribution in [1.82, 2.24) is 0 Å². The van der Waals surface area contributed by atoms with E-state index >= 15 is 0 Å². The smallest absolute Gasteiger partial charge is 0.266 e. The van der Waals surface area contributed by atoms with Gasteiger partial charge in [-0.05, 0) is 16.7 Å². The first kappa shape index (κ1) is 13.3. The van der Waals surface area contributed by atoms with Crippen LogP contribution in [-0.2, 0) is 32.9 Å². The summed E-state index contributed by atoms with van der Waals surface area (Å²) < 4.78 is 29.5. The average Bonchev–Trinajstić information content (AvgIpc) is 2.80. The summed E-state index contributed by atoms with van der Waals surface area (Å²) in [5.74, 6) is -0.0688. The Morgan fingerprint density at radius 3 is 2.05 bits per heavy atom. The maximum Gasteiger partial charge on any atom is 0.271 e. The van der Waals surface area contributed by atoms with E-state index < -0.39 is 10.1 Å². The van der Waals surface area contributed by atoms with E-state index in [-0.39, 0.29) is 11.9 Å². The molecule has 0 saturated heterocycles. The Morgan fingerprint density at radius 1 is 0.900 bits per heavy atom. The van der Waals surface area contributed by atoms with Crippen molar-refractivity contribution in [2.75, 3.05) is 0 Å². The van der Waals surface area contributed by atoms with Crippen molar-refractivity contribution in [1.29, 1.82) is 0 Å². The molecule has 2 aromatic rings. The maximum atomic E-state index is 12.1. The van der Waals surface area contributed by atoms with Crippen LogP contribution in [0, 0.1) is 0 Å². The molecule has 0 saturated carbocycles. The molecule has 0 amide bonds. The van der Waals surface area contributed by atoms with Crippen molar-refractivity contribution in [2.24, 2.45) is 0 Å². The summed E-state index contributed by atoms with van der Waals surface area (Å²) in [4.78, 5) is 0. The molecule has 0 aliphatic heterocycles. The Labute approximate surface area is 119 Å². The molecule has 1 aliphatic carbocycles. The minimum atomic E-state index is -3.54. The van der Waals surface area contributed by atoms with Gasteiger partial charge in [-0.3, -0.25) is 4.18 Å². The second kappa shape index (κ2) is 5.38. The zero-order valence-corrected chi connectivity index (χ0v) is 11.8. The highest BCUT2D eigenvalue weighted by atomic mass is 32.2. The zero-order chi connectivity index (χ0) is 14.0. The maximum absolute atomic E-state index is 12.1. The van der Waals surface area contributed by atoms with Crippen LogP contribution in [0.1, 0.15) is 16.7 Å². The van der Waals surface area contributed by atoms with Gasteiger partial charge in [0.05, 0.1) is 6.10 Å². The molecule has 0 N–H and O–H groups in total. The van der Waals surface area contributed by atoms with Crippen molar-refractivity contribution >= 4 is 10.1 Å². The molecule has 0 aromatic heterocycles. The molecule has 3 nitrogen and oxygen atoms in total. The van der Waals surface area contributed by atoms with Gasteiger partial charge in [-0.15, -0.1) is 0 Å². The molecule has 0 bridgehead atoms. The monoisotopic (exact) mass is 288 g/mol. The summed E-state index contributed by atoms with van der Waals surface area (Å²) in [6, 6.07) is 17.1. The first-order valence-corrected chi connectivity index (χ1v) is 8.22. The van der Waals surface area contributed by atoms with Crippen molar-refractivity contribution < 1.29 is 12.6 Å². The Kier molecular flexibility index (Phi) is 3.59. The van der Waals surface area contributed by atoms with Gasteiger partial charge in [-0.1, -0.05) is 54.6 Å². The lowest BCUT2D eigenvalue weighted by Gasteiger charge is -2.11. The first-order valence-electron chi connectivity index (χ1n) is 6.64. The number of hydrogen-bond acceptors (Lipinski definition) is 3. The highest BCUT2D eigenvalue weighted by molar-refractivity contribution is 7.85. The van der Waals surface area contributed by atoms with Gasteiger partial charge >= 0.3 is 0 Å². The van der Waals surface area contributed by atoms with E-state index in [0.29, 0.717) is 12.8 Å². The largest absolute Gasteiger partial charge is 0.271 e. The predicted molar refractivity (Wildman–Crippen MR) is 77.8 cm³/mol. The summed E-state index contributed by atoms with van der Waals surface area (Å²) in [5, 5.41) is 0. The van der Waals surface area contributed by atoms with E-state index in [4.69, 9.17) is 4.18 Å². The van der Waals surface area contributed by atoms with Gasteiger partial charge in [0.25, 0.3) is 10.1 Å². The summed E-state index contributed by atoms with van der Waals surface area (Å²) in [5.41, 5.74) is 3.13. The topological polar surface area (TPSA) is 43.4 Å². The molecule has 0 radical (unpaired) electrons. The highest BCUT2D eigenvalue weighted by Crippen LogP contribution is 2.25. The van der Waals surface area contributed by atoms with Crippen LogP contribution in [0.15, 0.2) is 54.6 Å². The summed E-state index contributed by atoms with van der Waals surface area (Å²) in [7, 11) is -3.54. The minimum absolute atomic E-state index is 0.0688. The van der Waals surface area contributed by atoms with E-state index in [1.807, 2.05) is 42.5 Å². The molecular formula is C16H16O3S. The molecule has 0 heterocycles. The molecule has 0 unspecified atom stereocenters. The third-order valence-corrected chi connectivity index (χ3v) is 4.73. The quantitative estimate of drug-likeness (QED) is 0.812. The molecule has 0 spiro atoms. The summed E-state index contributed by atoms with van der Waals surface area (Å²) >= 11 is 0. The van der Waals surface area contributed by atoms with Crippen molar-refractivity contribution in [3.05, 3.63) is 71.3 Å². The number of hydrogen-bond donors (Lipinski definition) is 0. The molecule has 0 atom stereocenters. The van der Waals surface area contributed by atoms with Gasteiger partial charge in [0.1, 0.15) is 5.75 Å². The molecular weight excluding hydrogens is 272 g/mol. The third kappa shape index (κ3) is 3.08.